The molecule has 54 heavy (non-hydrogen) atoms. The van der Waals surface area contributed by atoms with Crippen LogP contribution in [0.4, 0.5) is 11.4 Å². The smallest absolute Gasteiger partial charge is 0.226 e. The number of nitrogens with zero attached hydrogens (tertiary/aromatic N) is 2. The van der Waals surface area contributed by atoms with Gasteiger partial charge in [-0.05, 0) is 94.2 Å². The van der Waals surface area contributed by atoms with Gasteiger partial charge in [0.1, 0.15) is 0 Å². The van der Waals surface area contributed by atoms with Gasteiger partial charge in [0.25, 0.3) is 0 Å². The Morgan fingerprint density at radius 3 is 1.41 bits per heavy atom. The summed E-state index contributed by atoms with van der Waals surface area (Å²) in [6.07, 6.45) is 7.43. The Labute approximate surface area is 319 Å². The Hall–Kier alpha value is -5.46. The van der Waals surface area contributed by atoms with Gasteiger partial charge in [0.15, 0.2) is 0 Å². The zero-order valence-corrected chi connectivity index (χ0v) is 31.9. The van der Waals surface area contributed by atoms with Crippen LogP contribution in [0.1, 0.15) is 102 Å². The Morgan fingerprint density at radius 2 is 1.02 bits per heavy atom. The molecule has 0 aliphatic heterocycles. The average Bonchev–Trinajstić information content (AvgIpc) is 3.20. The van der Waals surface area contributed by atoms with Crippen molar-refractivity contribution >= 4 is 44.7 Å². The Balaban J connectivity index is 1.48. The van der Waals surface area contributed by atoms with Crippen molar-refractivity contribution in [3.05, 3.63) is 107 Å². The number of benzene rings is 5. The molecule has 0 bridgehead atoms. The van der Waals surface area contributed by atoms with Crippen molar-refractivity contribution in [3.8, 4) is 28.3 Å². The van der Waals surface area contributed by atoms with Crippen LogP contribution >= 0.6 is 0 Å². The van der Waals surface area contributed by atoms with E-state index < -0.39 is 0 Å². The molecule has 6 heteroatoms. The van der Waals surface area contributed by atoms with Crippen molar-refractivity contribution in [1.82, 2.24) is 0 Å². The van der Waals surface area contributed by atoms with Gasteiger partial charge in [0.2, 0.25) is 17.9 Å². The summed E-state index contributed by atoms with van der Waals surface area (Å²) in [5.74, 6) is -0.0636. The fourth-order valence-corrected chi connectivity index (χ4v) is 8.77. The third-order valence-electron chi connectivity index (χ3n) is 11.9. The highest BCUT2D eigenvalue weighted by Crippen LogP contribution is 2.49. The Kier molecular flexibility index (Phi) is 10.8. The zero-order chi connectivity index (χ0) is 37.9. The Bertz CT molecular complexity index is 2120. The molecule has 0 heterocycles. The molecule has 2 amide bonds. The Morgan fingerprint density at radius 1 is 0.611 bits per heavy atom. The first kappa shape index (κ1) is 36.9. The van der Waals surface area contributed by atoms with Crippen LogP contribution in [0.5, 0.6) is 0 Å². The second-order valence-corrected chi connectivity index (χ2v) is 16.0. The number of rotatable bonds is 8. The van der Waals surface area contributed by atoms with E-state index in [1.54, 1.807) is 0 Å². The van der Waals surface area contributed by atoms with Crippen LogP contribution in [0.15, 0.2) is 84.9 Å². The first-order chi connectivity index (χ1) is 26.2. The largest absolute Gasteiger partial charge is 0.324 e. The molecular weight excluding hydrogens is 665 g/mol. The van der Waals surface area contributed by atoms with Crippen molar-refractivity contribution in [2.45, 2.75) is 96.9 Å². The number of nitriles is 1. The molecule has 0 radical (unpaired) electrons. The van der Waals surface area contributed by atoms with Gasteiger partial charge in [-0.2, -0.15) is 5.26 Å². The minimum Gasteiger partial charge on any atom is -0.324 e. The van der Waals surface area contributed by atoms with Crippen LogP contribution < -0.4 is 10.6 Å². The number of carbonyl (C=O) groups is 2. The number of amides is 2. The molecule has 2 aliphatic carbocycles. The van der Waals surface area contributed by atoms with Gasteiger partial charge in [-0.3, -0.25) is 9.59 Å². The van der Waals surface area contributed by atoms with Crippen molar-refractivity contribution in [1.29, 1.82) is 5.26 Å². The van der Waals surface area contributed by atoms with E-state index in [4.69, 9.17) is 6.57 Å². The van der Waals surface area contributed by atoms with Crippen molar-refractivity contribution in [2.24, 2.45) is 17.8 Å². The average molecular weight is 715 g/mol. The third kappa shape index (κ3) is 7.23. The maximum absolute atomic E-state index is 13.8. The molecule has 0 atom stereocenters. The molecule has 6 nitrogen and oxygen atoms in total. The van der Waals surface area contributed by atoms with Gasteiger partial charge in [0, 0.05) is 41.7 Å². The molecule has 0 aromatic heterocycles. The van der Waals surface area contributed by atoms with Crippen LogP contribution in [0.3, 0.4) is 0 Å². The normalized spacial score (nSPS) is 20.1. The quantitative estimate of drug-likeness (QED) is 0.157. The summed E-state index contributed by atoms with van der Waals surface area (Å²) in [6, 6.07) is 32.6. The lowest BCUT2D eigenvalue weighted by Crippen LogP contribution is -2.23. The van der Waals surface area contributed by atoms with E-state index in [2.05, 4.69) is 106 Å². The molecule has 0 saturated heterocycles. The number of carbonyl (C=O) groups excluding carboxylic acids is 2. The van der Waals surface area contributed by atoms with E-state index in [1.807, 2.05) is 27.7 Å². The van der Waals surface area contributed by atoms with Crippen LogP contribution in [0, 0.1) is 35.7 Å². The lowest BCUT2D eigenvalue weighted by Gasteiger charge is -2.28. The second-order valence-electron chi connectivity index (χ2n) is 16.0. The monoisotopic (exact) mass is 714 g/mol. The highest BCUT2D eigenvalue weighted by atomic mass is 16.2. The van der Waals surface area contributed by atoms with Gasteiger partial charge in [-0.1, -0.05) is 113 Å². The van der Waals surface area contributed by atoms with E-state index in [-0.39, 0.29) is 35.6 Å². The predicted molar refractivity (Wildman–Crippen MR) is 221 cm³/mol. The van der Waals surface area contributed by atoms with Crippen LogP contribution in [-0.2, 0) is 9.59 Å². The summed E-state index contributed by atoms with van der Waals surface area (Å²) >= 11 is 0. The van der Waals surface area contributed by atoms with Crippen LogP contribution in [0.25, 0.3) is 48.6 Å². The number of anilines is 2. The van der Waals surface area contributed by atoms with E-state index in [1.165, 1.54) is 11.1 Å². The molecule has 2 N–H and O–H groups in total. The first-order valence-electron chi connectivity index (χ1n) is 19.8. The molecule has 5 aromatic carbocycles. The highest BCUT2D eigenvalue weighted by Gasteiger charge is 2.30. The second kappa shape index (κ2) is 15.9. The molecular formula is C48H50N4O2. The molecule has 0 unspecified atom stereocenters. The number of hydrogen-bond acceptors (Lipinski definition) is 3. The summed E-state index contributed by atoms with van der Waals surface area (Å²) in [5.41, 5.74) is 7.47. The molecule has 2 aliphatic rings. The van der Waals surface area contributed by atoms with Crippen molar-refractivity contribution in [2.75, 3.05) is 10.6 Å². The molecule has 274 valence electrons. The van der Waals surface area contributed by atoms with Crippen molar-refractivity contribution < 1.29 is 9.59 Å². The maximum atomic E-state index is 13.8. The van der Waals surface area contributed by atoms with Gasteiger partial charge < -0.3 is 15.5 Å². The van der Waals surface area contributed by atoms with E-state index in [9.17, 15) is 14.9 Å². The number of fused-ring (bicyclic) bond motifs is 2. The summed E-state index contributed by atoms with van der Waals surface area (Å²) < 4.78 is 0. The molecule has 2 fully saturated rings. The summed E-state index contributed by atoms with van der Waals surface area (Å²) in [6.45, 7) is 15.2. The third-order valence-corrected chi connectivity index (χ3v) is 11.9. The van der Waals surface area contributed by atoms with Gasteiger partial charge in [-0.15, -0.1) is 0 Å². The standard InChI is InChI=1S/C48H50N4O2/c1-29(2)47(53)51-45-41(39-16-8-12-34-10-6-14-37(43(34)39)32-20-18-31(28-49)19-21-32)26-27-42(46(45)52-48(54)30(3)4)40-17-9-13-35-11-7-15-38(44(35)40)33-22-24-36(50-5)25-23-33/h6-17,26-27,29-33,36H,18-25H2,1-4H3,(H,51,53)(H,52,54). The van der Waals surface area contributed by atoms with E-state index in [0.717, 1.165) is 95.2 Å². The zero-order valence-electron chi connectivity index (χ0n) is 31.9. The van der Waals surface area contributed by atoms with Gasteiger partial charge in [-0.25, -0.2) is 6.57 Å². The van der Waals surface area contributed by atoms with Crippen LogP contribution in [0.2, 0.25) is 0 Å². The highest BCUT2D eigenvalue weighted by molar-refractivity contribution is 6.14. The van der Waals surface area contributed by atoms with Crippen molar-refractivity contribution in [3.63, 3.8) is 0 Å². The topological polar surface area (TPSA) is 86.3 Å². The number of hydrogen-bond donors (Lipinski definition) is 2. The first-order valence-corrected chi connectivity index (χ1v) is 19.8. The van der Waals surface area contributed by atoms with Gasteiger partial charge >= 0.3 is 0 Å². The maximum Gasteiger partial charge on any atom is 0.226 e. The van der Waals surface area contributed by atoms with Gasteiger partial charge in [0.05, 0.1) is 17.4 Å². The summed E-state index contributed by atoms with van der Waals surface area (Å²) in [5, 5.41) is 20.8. The predicted octanol–water partition coefficient (Wildman–Crippen LogP) is 12.3. The SMILES string of the molecule is [C-]#[N+]C1CCC(c2cccc3cccc(-c4ccc(-c5cccc6cccc(C7CCC(C#N)CC7)c56)c(NC(=O)C(C)C)c4NC(=O)C(C)C)c23)CC1. The molecule has 0 spiro atoms. The minimum atomic E-state index is -0.289. The fourth-order valence-electron chi connectivity index (χ4n) is 8.77. The van der Waals surface area contributed by atoms with Crippen LogP contribution in [-0.4, -0.2) is 17.9 Å². The minimum absolute atomic E-state index is 0.0929. The number of nitrogens with one attached hydrogen (secondary N) is 2. The fraction of sp³-hybridized carbons (Fsp3) is 0.375. The lowest BCUT2D eigenvalue weighted by atomic mass is 9.77. The molecule has 2 saturated carbocycles. The molecule has 7 rings (SSSR count). The van der Waals surface area contributed by atoms with E-state index in [0.29, 0.717) is 23.2 Å². The lowest BCUT2D eigenvalue weighted by molar-refractivity contribution is -0.119. The summed E-state index contributed by atoms with van der Waals surface area (Å²) in [4.78, 5) is 31.5. The van der Waals surface area contributed by atoms with E-state index >= 15 is 0 Å². The summed E-state index contributed by atoms with van der Waals surface area (Å²) in [7, 11) is 0. The molecule has 5 aromatic rings.